The molecule has 1 aromatic heterocycles. The Bertz CT molecular complexity index is 511. The highest BCUT2D eigenvalue weighted by molar-refractivity contribution is 6.36. The largest absolute Gasteiger partial charge is 0.355 e. The summed E-state index contributed by atoms with van der Waals surface area (Å²) < 4.78 is 0. The number of amides is 1. The highest BCUT2D eigenvalue weighted by Gasteiger charge is 2.32. The first kappa shape index (κ1) is 14.0. The minimum Gasteiger partial charge on any atom is -0.355 e. The van der Waals surface area contributed by atoms with Crippen LogP contribution in [-0.4, -0.2) is 30.0 Å². The van der Waals surface area contributed by atoms with Crippen molar-refractivity contribution in [3.63, 3.8) is 0 Å². The van der Waals surface area contributed by atoms with Gasteiger partial charge in [0.2, 0.25) is 5.91 Å². The SMILES string of the molecule is O=C(NC1CCN(c2ncc(Cl)cc2Cl)CC1)C1CC1. The lowest BCUT2D eigenvalue weighted by atomic mass is 10.0. The molecule has 2 fully saturated rings. The van der Waals surface area contributed by atoms with Crippen LogP contribution in [0.15, 0.2) is 12.3 Å². The highest BCUT2D eigenvalue weighted by Crippen LogP contribution is 2.30. The van der Waals surface area contributed by atoms with Crippen molar-refractivity contribution in [2.75, 3.05) is 18.0 Å². The molecule has 0 bridgehead atoms. The number of pyridine rings is 1. The van der Waals surface area contributed by atoms with Crippen LogP contribution in [0, 0.1) is 5.92 Å². The fraction of sp³-hybridized carbons (Fsp3) is 0.571. The fourth-order valence-electron chi connectivity index (χ4n) is 2.54. The zero-order valence-corrected chi connectivity index (χ0v) is 12.6. The van der Waals surface area contributed by atoms with Gasteiger partial charge in [0.05, 0.1) is 10.0 Å². The summed E-state index contributed by atoms with van der Waals surface area (Å²) in [5, 5.41) is 4.26. The van der Waals surface area contributed by atoms with Crippen LogP contribution in [0.2, 0.25) is 10.0 Å². The molecule has 2 heterocycles. The summed E-state index contributed by atoms with van der Waals surface area (Å²) in [5.41, 5.74) is 0. The molecule has 2 aliphatic rings. The van der Waals surface area contributed by atoms with E-state index in [1.165, 1.54) is 0 Å². The van der Waals surface area contributed by atoms with E-state index in [1.807, 2.05) is 0 Å². The van der Waals surface area contributed by atoms with Gasteiger partial charge in [0, 0.05) is 31.2 Å². The molecule has 0 aromatic carbocycles. The van der Waals surface area contributed by atoms with Crippen LogP contribution in [-0.2, 0) is 4.79 Å². The molecule has 20 heavy (non-hydrogen) atoms. The van der Waals surface area contributed by atoms with Gasteiger partial charge in [-0.05, 0) is 31.7 Å². The summed E-state index contributed by atoms with van der Waals surface area (Å²) in [6, 6.07) is 2.00. The molecule has 1 aromatic rings. The Kier molecular flexibility index (Phi) is 4.03. The Morgan fingerprint density at radius 2 is 1.95 bits per heavy atom. The van der Waals surface area contributed by atoms with Gasteiger partial charge in [0.15, 0.2) is 0 Å². The number of rotatable bonds is 3. The molecule has 6 heteroatoms. The third-order valence-electron chi connectivity index (χ3n) is 3.88. The van der Waals surface area contributed by atoms with Crippen molar-refractivity contribution in [3.8, 4) is 0 Å². The van der Waals surface area contributed by atoms with Gasteiger partial charge in [-0.3, -0.25) is 4.79 Å². The molecule has 1 N–H and O–H groups in total. The summed E-state index contributed by atoms with van der Waals surface area (Å²) in [4.78, 5) is 18.2. The topological polar surface area (TPSA) is 45.2 Å². The van der Waals surface area contributed by atoms with Crippen molar-refractivity contribution in [3.05, 3.63) is 22.3 Å². The van der Waals surface area contributed by atoms with Crippen LogP contribution >= 0.6 is 23.2 Å². The van der Waals surface area contributed by atoms with E-state index < -0.39 is 0 Å². The lowest BCUT2D eigenvalue weighted by molar-refractivity contribution is -0.123. The number of halogens is 2. The molecule has 1 amide bonds. The smallest absolute Gasteiger partial charge is 0.223 e. The number of nitrogens with one attached hydrogen (secondary N) is 1. The first-order valence-corrected chi connectivity index (χ1v) is 7.75. The molecule has 1 aliphatic carbocycles. The van der Waals surface area contributed by atoms with Gasteiger partial charge in [-0.15, -0.1) is 0 Å². The standard InChI is InChI=1S/C14H17Cl2N3O/c15-10-7-12(16)13(17-8-10)19-5-3-11(4-6-19)18-14(20)9-1-2-9/h7-9,11H,1-6H2,(H,18,20). The maximum atomic E-state index is 11.7. The number of hydrogen-bond donors (Lipinski definition) is 1. The van der Waals surface area contributed by atoms with Crippen molar-refractivity contribution >= 4 is 34.9 Å². The quantitative estimate of drug-likeness (QED) is 0.933. The predicted octanol–water partition coefficient (Wildman–Crippen LogP) is 2.88. The lowest BCUT2D eigenvalue weighted by Gasteiger charge is -2.33. The molecule has 108 valence electrons. The van der Waals surface area contributed by atoms with Crippen LogP contribution in [0.1, 0.15) is 25.7 Å². The summed E-state index contributed by atoms with van der Waals surface area (Å²) in [5.74, 6) is 1.29. The molecule has 0 unspecified atom stereocenters. The number of aromatic nitrogens is 1. The van der Waals surface area contributed by atoms with E-state index in [2.05, 4.69) is 15.2 Å². The van der Waals surface area contributed by atoms with Crippen molar-refractivity contribution in [2.45, 2.75) is 31.7 Å². The van der Waals surface area contributed by atoms with Crippen molar-refractivity contribution in [2.24, 2.45) is 5.92 Å². The maximum absolute atomic E-state index is 11.7. The summed E-state index contributed by atoms with van der Waals surface area (Å²) in [6.07, 6.45) is 5.58. The van der Waals surface area contributed by atoms with E-state index in [0.717, 1.165) is 44.6 Å². The predicted molar refractivity (Wildman–Crippen MR) is 80.4 cm³/mol. The Morgan fingerprint density at radius 1 is 1.25 bits per heavy atom. The third-order valence-corrected chi connectivity index (χ3v) is 4.36. The summed E-state index contributed by atoms with van der Waals surface area (Å²) >= 11 is 12.0. The monoisotopic (exact) mass is 313 g/mol. The lowest BCUT2D eigenvalue weighted by Crippen LogP contribution is -2.45. The molecule has 1 saturated heterocycles. The molecule has 1 aliphatic heterocycles. The summed E-state index contributed by atoms with van der Waals surface area (Å²) in [6.45, 7) is 1.70. The molecule has 0 atom stereocenters. The van der Waals surface area contributed by atoms with Gasteiger partial charge in [-0.2, -0.15) is 0 Å². The second kappa shape index (κ2) is 5.78. The van der Waals surface area contributed by atoms with E-state index in [1.54, 1.807) is 12.3 Å². The van der Waals surface area contributed by atoms with Gasteiger partial charge >= 0.3 is 0 Å². The van der Waals surface area contributed by atoms with Gasteiger partial charge in [-0.1, -0.05) is 23.2 Å². The number of nitrogens with zero attached hydrogens (tertiary/aromatic N) is 2. The molecular weight excluding hydrogens is 297 g/mol. The molecule has 0 spiro atoms. The van der Waals surface area contributed by atoms with E-state index in [-0.39, 0.29) is 17.9 Å². The Morgan fingerprint density at radius 3 is 2.55 bits per heavy atom. The number of carbonyl (C=O) groups excluding carboxylic acids is 1. The first-order chi connectivity index (χ1) is 9.63. The number of anilines is 1. The average molecular weight is 314 g/mol. The Hall–Kier alpha value is -1.000. The highest BCUT2D eigenvalue weighted by atomic mass is 35.5. The zero-order chi connectivity index (χ0) is 14.1. The van der Waals surface area contributed by atoms with Gasteiger partial charge in [-0.25, -0.2) is 4.98 Å². The van der Waals surface area contributed by atoms with Crippen molar-refractivity contribution < 1.29 is 4.79 Å². The minimum absolute atomic E-state index is 0.228. The average Bonchev–Trinajstić information content (AvgIpc) is 3.24. The van der Waals surface area contributed by atoms with Gasteiger partial charge < -0.3 is 10.2 Å². The minimum atomic E-state index is 0.228. The van der Waals surface area contributed by atoms with Crippen LogP contribution in [0.5, 0.6) is 0 Å². The normalized spacial score (nSPS) is 20.0. The fourth-order valence-corrected chi connectivity index (χ4v) is 3.04. The molecule has 3 rings (SSSR count). The molecule has 1 saturated carbocycles. The maximum Gasteiger partial charge on any atom is 0.223 e. The first-order valence-electron chi connectivity index (χ1n) is 7.00. The van der Waals surface area contributed by atoms with E-state index in [9.17, 15) is 4.79 Å². The zero-order valence-electron chi connectivity index (χ0n) is 11.1. The van der Waals surface area contributed by atoms with Crippen LogP contribution < -0.4 is 10.2 Å². The van der Waals surface area contributed by atoms with Crippen LogP contribution in [0.3, 0.4) is 0 Å². The molecule has 0 radical (unpaired) electrons. The van der Waals surface area contributed by atoms with E-state index >= 15 is 0 Å². The van der Waals surface area contributed by atoms with Crippen LogP contribution in [0.25, 0.3) is 0 Å². The second-order valence-corrected chi connectivity index (χ2v) is 6.35. The summed E-state index contributed by atoms with van der Waals surface area (Å²) in [7, 11) is 0. The van der Waals surface area contributed by atoms with Crippen molar-refractivity contribution in [1.82, 2.24) is 10.3 Å². The Balaban J connectivity index is 1.56. The number of piperidine rings is 1. The third kappa shape index (κ3) is 3.18. The van der Waals surface area contributed by atoms with Gasteiger partial charge in [0.1, 0.15) is 5.82 Å². The van der Waals surface area contributed by atoms with Crippen LogP contribution in [0.4, 0.5) is 5.82 Å². The van der Waals surface area contributed by atoms with E-state index in [0.29, 0.717) is 10.0 Å². The Labute approximate surface area is 128 Å². The van der Waals surface area contributed by atoms with E-state index in [4.69, 9.17) is 23.2 Å². The molecule has 4 nitrogen and oxygen atoms in total. The van der Waals surface area contributed by atoms with Gasteiger partial charge in [0.25, 0.3) is 0 Å². The van der Waals surface area contributed by atoms with Crippen molar-refractivity contribution in [1.29, 1.82) is 0 Å². The number of carbonyl (C=O) groups is 1. The molecular formula is C14H17Cl2N3O. The number of hydrogen-bond acceptors (Lipinski definition) is 3. The second-order valence-electron chi connectivity index (χ2n) is 5.50.